The number of fused-ring (bicyclic) bond motifs is 4. The van der Waals surface area contributed by atoms with E-state index in [1.54, 1.807) is 0 Å². The summed E-state index contributed by atoms with van der Waals surface area (Å²) in [6.07, 6.45) is -4.36. The minimum atomic E-state index is -4.20. The minimum Gasteiger partial charge on any atom is -0.383 e. The number of nitrogens with one attached hydrogen (secondary N) is 2. The Hall–Kier alpha value is -6.88. The molecule has 4 aromatic heterocycles. The van der Waals surface area contributed by atoms with Crippen molar-refractivity contribution in [3.8, 4) is 28.7 Å². The molecule has 0 spiro atoms. The number of nitrogen functional groups attached to an aromatic ring is 1. The Kier molecular flexibility index (Phi) is 12.1. The number of hydrogen-bond acceptors (Lipinski definition) is 11. The number of aromatic nitrogens is 7. The molecule has 2 saturated carbocycles. The zero-order chi connectivity index (χ0) is 51.3. The van der Waals surface area contributed by atoms with Crippen LogP contribution in [0.3, 0.4) is 0 Å². The van der Waals surface area contributed by atoms with Crippen molar-refractivity contribution >= 4 is 48.3 Å². The van der Waals surface area contributed by atoms with Gasteiger partial charge in [0.1, 0.15) is 52.4 Å². The summed E-state index contributed by atoms with van der Waals surface area (Å²) in [7, 11) is -8.04. The Bertz CT molecular complexity index is 3530. The van der Waals surface area contributed by atoms with Crippen LogP contribution < -0.4 is 21.5 Å². The van der Waals surface area contributed by atoms with Gasteiger partial charge in [0.2, 0.25) is 15.9 Å². The van der Waals surface area contributed by atoms with Gasteiger partial charge in [0.25, 0.3) is 18.8 Å². The van der Waals surface area contributed by atoms with Crippen molar-refractivity contribution in [2.75, 3.05) is 16.7 Å². The smallest absolute Gasteiger partial charge is 0.354 e. The summed E-state index contributed by atoms with van der Waals surface area (Å²) < 4.78 is 174. The van der Waals surface area contributed by atoms with Crippen LogP contribution in [-0.4, -0.2) is 79.5 Å². The van der Waals surface area contributed by atoms with Crippen LogP contribution in [-0.2, 0) is 50.1 Å². The third-order valence-electron chi connectivity index (χ3n) is 12.6. The first kappa shape index (κ1) is 49.1. The summed E-state index contributed by atoms with van der Waals surface area (Å²) in [5.74, 6) is -4.46. The van der Waals surface area contributed by atoms with Crippen LogP contribution in [0.1, 0.15) is 85.4 Å². The maximum atomic E-state index is 15.6. The zero-order valence-electron chi connectivity index (χ0n) is 37.4. The van der Waals surface area contributed by atoms with E-state index < -0.39 is 126 Å². The number of carbonyl (C=O) groups is 1. The summed E-state index contributed by atoms with van der Waals surface area (Å²) >= 11 is 0. The predicted molar refractivity (Wildman–Crippen MR) is 241 cm³/mol. The lowest BCUT2D eigenvalue weighted by Gasteiger charge is -2.23. The van der Waals surface area contributed by atoms with E-state index in [9.17, 15) is 52.8 Å². The molecule has 4 heterocycles. The van der Waals surface area contributed by atoms with Crippen molar-refractivity contribution in [2.24, 2.45) is 5.92 Å². The van der Waals surface area contributed by atoms with E-state index in [0.717, 1.165) is 27.6 Å². The van der Waals surface area contributed by atoms with Gasteiger partial charge in [0.15, 0.2) is 15.7 Å². The molecule has 26 heteroatoms. The zero-order valence-corrected chi connectivity index (χ0v) is 39.0. The number of halogens is 8. The van der Waals surface area contributed by atoms with Gasteiger partial charge in [0, 0.05) is 41.1 Å². The molecule has 2 fully saturated rings. The summed E-state index contributed by atoms with van der Waals surface area (Å²) in [6.45, 7) is 0.363. The number of nitrogens with two attached hydrogens (primary N) is 1. The fourth-order valence-electron chi connectivity index (χ4n) is 8.73. The molecule has 374 valence electrons. The normalized spacial score (nSPS) is 17.8. The molecule has 0 bridgehead atoms. The number of pyridine rings is 1. The van der Waals surface area contributed by atoms with Crippen LogP contribution in [0.2, 0.25) is 0 Å². The van der Waals surface area contributed by atoms with Crippen molar-refractivity contribution in [1.82, 2.24) is 39.4 Å². The predicted octanol–water partition coefficient (Wildman–Crippen LogP) is 6.29. The fraction of sp³-hybridized carbons (Fsp3) is 0.378. The van der Waals surface area contributed by atoms with Crippen molar-refractivity contribution < 1.29 is 56.8 Å². The maximum Gasteiger partial charge on any atom is 0.354 e. The van der Waals surface area contributed by atoms with Crippen molar-refractivity contribution in [1.29, 1.82) is 0 Å². The Morgan fingerprint density at radius 2 is 1.63 bits per heavy atom. The molecule has 3 aliphatic carbocycles. The molecule has 0 aliphatic heterocycles. The number of alkyl halides is 6. The maximum absolute atomic E-state index is 15.6. The van der Waals surface area contributed by atoms with Crippen molar-refractivity contribution in [2.45, 2.75) is 93.4 Å². The van der Waals surface area contributed by atoms with Gasteiger partial charge in [-0.2, -0.15) is 24.0 Å². The van der Waals surface area contributed by atoms with E-state index in [4.69, 9.17) is 5.73 Å². The van der Waals surface area contributed by atoms with Crippen LogP contribution in [0.15, 0.2) is 59.5 Å². The first-order chi connectivity index (χ1) is 33.2. The molecule has 0 saturated heterocycles. The van der Waals surface area contributed by atoms with E-state index in [2.05, 4.69) is 42.0 Å². The first-order valence-electron chi connectivity index (χ1n) is 21.7. The molecule has 71 heavy (non-hydrogen) atoms. The lowest BCUT2D eigenvalue weighted by Crippen LogP contribution is -2.35. The highest BCUT2D eigenvalue weighted by Crippen LogP contribution is 2.68. The van der Waals surface area contributed by atoms with E-state index >= 15 is 8.78 Å². The lowest BCUT2D eigenvalue weighted by atomic mass is 9.93. The Morgan fingerprint density at radius 1 is 0.944 bits per heavy atom. The molecule has 4 N–H and O–H groups in total. The molecule has 2 aromatic carbocycles. The molecule has 0 unspecified atom stereocenters. The number of amides is 1. The Labute approximate surface area is 398 Å². The number of carbonyl (C=O) groups excluding carboxylic acids is 1. The summed E-state index contributed by atoms with van der Waals surface area (Å²) in [5, 5.41) is 9.51. The standard InChI is InChI=1S/C45H40F8N10O6S2/c1-44(2,70(3,66)67)12-10-24-4-7-26(27-8-9-31(61-13-11-33(54)57-43(61)65)36-39(27)62(19-32(48)49)59-42(36)60-71(68,69)25-5-6-25)37(55-24)30(16-21-14-22(46)17-23(47)15-21)56-34(64)20-63-40-35(38(58-63)41(50)51)28-18-29(28)45(40,52)53/h4,7-9,11,13-15,17,25,28-30,32,41H,5-6,16,18-20H2,1-3H3,(H,56,64)(H,59,60)(H2,54,57,65)/t28-,29+,30-/m0/s1. The number of sulfonamides is 1. The van der Waals surface area contributed by atoms with Gasteiger partial charge in [0.05, 0.1) is 33.6 Å². The molecule has 3 atom stereocenters. The minimum absolute atomic E-state index is 0.0646. The second-order valence-corrected chi connectivity index (χ2v) is 22.6. The number of nitrogens with zero attached hydrogens (tertiary/aromatic N) is 7. The van der Waals surface area contributed by atoms with Crippen LogP contribution in [0.5, 0.6) is 0 Å². The highest BCUT2D eigenvalue weighted by Gasteiger charge is 2.67. The van der Waals surface area contributed by atoms with Crippen LogP contribution in [0.25, 0.3) is 27.7 Å². The van der Waals surface area contributed by atoms with Crippen LogP contribution in [0, 0.1) is 29.4 Å². The molecule has 16 nitrogen and oxygen atoms in total. The molecule has 9 rings (SSSR count). The fourth-order valence-corrected chi connectivity index (χ4v) is 10.3. The van der Waals surface area contributed by atoms with E-state index in [-0.39, 0.29) is 75.3 Å². The second-order valence-electron chi connectivity index (χ2n) is 18.1. The first-order valence-corrected chi connectivity index (χ1v) is 25.1. The topological polar surface area (TPSA) is 219 Å². The highest BCUT2D eigenvalue weighted by molar-refractivity contribution is 7.93. The molecule has 0 radical (unpaired) electrons. The Morgan fingerprint density at radius 3 is 2.27 bits per heavy atom. The van der Waals surface area contributed by atoms with Gasteiger partial charge in [-0.25, -0.2) is 53.0 Å². The molecule has 6 aromatic rings. The molecular formula is C45H40F8N10O6S2. The van der Waals surface area contributed by atoms with Crippen LogP contribution >= 0.6 is 0 Å². The highest BCUT2D eigenvalue weighted by atomic mass is 32.2. The number of hydrogen-bond donors (Lipinski definition) is 3. The van der Waals surface area contributed by atoms with E-state index in [1.165, 1.54) is 50.4 Å². The van der Waals surface area contributed by atoms with Gasteiger partial charge in [-0.1, -0.05) is 12.0 Å². The number of benzene rings is 2. The average molecular weight is 1030 g/mol. The number of sulfone groups is 1. The largest absolute Gasteiger partial charge is 0.383 e. The Balaban J connectivity index is 1.28. The molecule has 3 aliphatic rings. The summed E-state index contributed by atoms with van der Waals surface area (Å²) in [6, 6.07) is 7.22. The van der Waals surface area contributed by atoms with Gasteiger partial charge in [-0.05, 0) is 93.3 Å². The molecule has 1 amide bonds. The number of anilines is 2. The summed E-state index contributed by atoms with van der Waals surface area (Å²) in [4.78, 5) is 36.0. The average Bonchev–Trinajstić information content (AvgIpc) is 4.19. The lowest BCUT2D eigenvalue weighted by molar-refractivity contribution is -0.123. The van der Waals surface area contributed by atoms with Crippen LogP contribution in [0.4, 0.5) is 46.8 Å². The third-order valence-corrected chi connectivity index (χ3v) is 16.4. The summed E-state index contributed by atoms with van der Waals surface area (Å²) in [5.41, 5.74) is 1.52. The van der Waals surface area contributed by atoms with Crippen molar-refractivity contribution in [3.63, 3.8) is 0 Å². The van der Waals surface area contributed by atoms with Gasteiger partial charge in [-0.3, -0.25) is 23.4 Å². The SMILES string of the molecule is CC(C)(C#Cc1ccc(-c2ccc(-n3ccc(N)nc3=O)c3c(NS(=O)(=O)C4CC4)nn(CC(F)F)c23)c([C@H](Cc2cc(F)cc(F)c2)NC(=O)Cn2nc(C(F)F)c3c2C(F)(F)[C@@H]2C[C@H]32)n1)S(C)(=O)=O. The van der Waals surface area contributed by atoms with Crippen molar-refractivity contribution in [3.05, 3.63) is 111 Å². The quantitative estimate of drug-likeness (QED) is 0.0767. The number of rotatable bonds is 15. The molecular weight excluding hydrogens is 993 g/mol. The third kappa shape index (κ3) is 9.31. The van der Waals surface area contributed by atoms with Gasteiger partial charge in [-0.15, -0.1) is 0 Å². The van der Waals surface area contributed by atoms with Gasteiger partial charge < -0.3 is 11.1 Å². The second kappa shape index (κ2) is 17.5. The van der Waals surface area contributed by atoms with E-state index in [0.29, 0.717) is 10.7 Å². The van der Waals surface area contributed by atoms with Gasteiger partial charge >= 0.3 is 5.69 Å². The monoisotopic (exact) mass is 1030 g/mol. The van der Waals surface area contributed by atoms with E-state index in [1.807, 2.05) is 0 Å².